The van der Waals surface area contributed by atoms with Gasteiger partial charge in [0.2, 0.25) is 0 Å². The number of hydrogen-bond acceptors (Lipinski definition) is 6. The molecule has 0 unspecified atom stereocenters. The highest BCUT2D eigenvalue weighted by molar-refractivity contribution is 6.01. The Bertz CT molecular complexity index is 1170. The van der Waals surface area contributed by atoms with Crippen molar-refractivity contribution >= 4 is 27.9 Å². The summed E-state index contributed by atoms with van der Waals surface area (Å²) in [6.07, 6.45) is 4.45. The van der Waals surface area contributed by atoms with Crippen molar-refractivity contribution in [2.75, 3.05) is 25.1 Å². The van der Waals surface area contributed by atoms with Crippen LogP contribution in [0.25, 0.3) is 33.5 Å². The topological polar surface area (TPSA) is 104 Å². The second-order valence-corrected chi connectivity index (χ2v) is 6.48. The van der Waals surface area contributed by atoms with Gasteiger partial charge in [-0.25, -0.2) is 15.0 Å². The van der Waals surface area contributed by atoms with E-state index in [0.717, 1.165) is 58.8 Å². The summed E-state index contributed by atoms with van der Waals surface area (Å²) in [5, 5.41) is 13.4. The molecule has 0 spiro atoms. The van der Waals surface area contributed by atoms with Crippen LogP contribution in [0.1, 0.15) is 18.9 Å². The van der Waals surface area contributed by atoms with Crippen molar-refractivity contribution in [1.29, 1.82) is 5.26 Å². The first kappa shape index (κ1) is 17.9. The van der Waals surface area contributed by atoms with Crippen LogP contribution in [0.2, 0.25) is 0 Å². The van der Waals surface area contributed by atoms with Crippen LogP contribution in [0.3, 0.4) is 0 Å². The Labute approximate surface area is 162 Å². The predicted octanol–water partition coefficient (Wildman–Crippen LogP) is 3.22. The second-order valence-electron chi connectivity index (χ2n) is 6.48. The van der Waals surface area contributed by atoms with Gasteiger partial charge >= 0.3 is 0 Å². The van der Waals surface area contributed by atoms with Gasteiger partial charge in [-0.05, 0) is 31.5 Å². The van der Waals surface area contributed by atoms with Crippen LogP contribution < -0.4 is 5.32 Å². The third-order valence-electron chi connectivity index (χ3n) is 4.58. The van der Waals surface area contributed by atoms with Crippen molar-refractivity contribution in [3.05, 3.63) is 36.3 Å². The molecule has 28 heavy (non-hydrogen) atoms. The highest BCUT2D eigenvalue weighted by atomic mass is 16.5. The van der Waals surface area contributed by atoms with E-state index < -0.39 is 0 Å². The third kappa shape index (κ3) is 3.28. The SMILES string of the molecule is CCOCCCNc1ncnc2c1c(-c1nc3ccc(C#N)cc3[nH]1)cn2C. The molecule has 2 N–H and O–H groups in total. The molecule has 3 heterocycles. The number of aromatic amines is 1. The number of fused-ring (bicyclic) bond motifs is 2. The number of H-pyrrole nitrogens is 1. The number of nitrogens with one attached hydrogen (secondary N) is 2. The lowest BCUT2D eigenvalue weighted by atomic mass is 10.2. The van der Waals surface area contributed by atoms with E-state index in [0.29, 0.717) is 12.2 Å². The molecule has 0 saturated carbocycles. The molecule has 0 amide bonds. The molecule has 1 aromatic carbocycles. The Morgan fingerprint density at radius 3 is 3.04 bits per heavy atom. The number of anilines is 1. The summed E-state index contributed by atoms with van der Waals surface area (Å²) in [6.45, 7) is 4.18. The smallest absolute Gasteiger partial charge is 0.145 e. The fraction of sp³-hybridized carbons (Fsp3) is 0.300. The first-order valence-electron chi connectivity index (χ1n) is 9.23. The minimum Gasteiger partial charge on any atom is -0.382 e. The molecule has 0 saturated heterocycles. The van der Waals surface area contributed by atoms with Crippen molar-refractivity contribution in [3.8, 4) is 17.5 Å². The van der Waals surface area contributed by atoms with Gasteiger partial charge in [-0.3, -0.25) is 0 Å². The van der Waals surface area contributed by atoms with Crippen molar-refractivity contribution in [2.24, 2.45) is 7.05 Å². The molecular formula is C20H21N7O. The third-order valence-corrected chi connectivity index (χ3v) is 4.58. The number of aryl methyl sites for hydroxylation is 1. The summed E-state index contributed by atoms with van der Waals surface area (Å²) in [5.74, 6) is 1.50. The fourth-order valence-electron chi connectivity index (χ4n) is 3.26. The van der Waals surface area contributed by atoms with Gasteiger partial charge in [0, 0.05) is 38.6 Å². The maximum absolute atomic E-state index is 9.12. The van der Waals surface area contributed by atoms with Crippen LogP contribution >= 0.6 is 0 Å². The summed E-state index contributed by atoms with van der Waals surface area (Å²) in [4.78, 5) is 16.9. The van der Waals surface area contributed by atoms with Gasteiger partial charge in [-0.15, -0.1) is 0 Å². The molecule has 0 aliphatic rings. The van der Waals surface area contributed by atoms with Gasteiger partial charge < -0.3 is 19.6 Å². The van der Waals surface area contributed by atoms with Gasteiger partial charge in [0.15, 0.2) is 0 Å². The molecular weight excluding hydrogens is 354 g/mol. The molecule has 0 fully saturated rings. The second kappa shape index (κ2) is 7.66. The fourth-order valence-corrected chi connectivity index (χ4v) is 3.26. The summed E-state index contributed by atoms with van der Waals surface area (Å²) >= 11 is 0. The lowest BCUT2D eigenvalue weighted by Gasteiger charge is -2.07. The molecule has 0 aliphatic carbocycles. The lowest BCUT2D eigenvalue weighted by molar-refractivity contribution is 0.147. The van der Waals surface area contributed by atoms with E-state index in [-0.39, 0.29) is 0 Å². The number of ether oxygens (including phenoxy) is 1. The highest BCUT2D eigenvalue weighted by Crippen LogP contribution is 2.32. The number of rotatable bonds is 7. The van der Waals surface area contributed by atoms with E-state index in [2.05, 4.69) is 26.3 Å². The van der Waals surface area contributed by atoms with Crippen molar-refractivity contribution in [1.82, 2.24) is 24.5 Å². The molecule has 0 bridgehead atoms. The Hall–Kier alpha value is -3.44. The first-order valence-corrected chi connectivity index (χ1v) is 9.23. The molecule has 4 rings (SSSR count). The zero-order valence-corrected chi connectivity index (χ0v) is 15.9. The first-order chi connectivity index (χ1) is 13.7. The van der Waals surface area contributed by atoms with Gasteiger partial charge in [-0.1, -0.05) is 0 Å². The molecule has 4 aromatic rings. The highest BCUT2D eigenvalue weighted by Gasteiger charge is 2.17. The summed E-state index contributed by atoms with van der Waals surface area (Å²) in [6, 6.07) is 7.58. The van der Waals surface area contributed by atoms with Gasteiger partial charge in [-0.2, -0.15) is 5.26 Å². The van der Waals surface area contributed by atoms with Gasteiger partial charge in [0.1, 0.15) is 23.6 Å². The van der Waals surface area contributed by atoms with Gasteiger partial charge in [0.05, 0.1) is 28.1 Å². The van der Waals surface area contributed by atoms with Crippen molar-refractivity contribution in [3.63, 3.8) is 0 Å². The van der Waals surface area contributed by atoms with Crippen LogP contribution in [-0.2, 0) is 11.8 Å². The monoisotopic (exact) mass is 375 g/mol. The quantitative estimate of drug-likeness (QED) is 0.481. The lowest BCUT2D eigenvalue weighted by Crippen LogP contribution is -2.07. The van der Waals surface area contributed by atoms with E-state index in [1.807, 2.05) is 30.8 Å². The Balaban J connectivity index is 1.74. The van der Waals surface area contributed by atoms with Crippen molar-refractivity contribution in [2.45, 2.75) is 13.3 Å². The predicted molar refractivity (Wildman–Crippen MR) is 108 cm³/mol. The minimum absolute atomic E-state index is 0.598. The zero-order chi connectivity index (χ0) is 19.5. The zero-order valence-electron chi connectivity index (χ0n) is 15.9. The summed E-state index contributed by atoms with van der Waals surface area (Å²) < 4.78 is 7.36. The largest absolute Gasteiger partial charge is 0.382 e. The van der Waals surface area contributed by atoms with Crippen LogP contribution in [-0.4, -0.2) is 44.3 Å². The molecule has 142 valence electrons. The Morgan fingerprint density at radius 2 is 2.21 bits per heavy atom. The number of nitrogens with zero attached hydrogens (tertiary/aromatic N) is 5. The van der Waals surface area contributed by atoms with E-state index in [1.54, 1.807) is 18.5 Å². The number of imidazole rings is 1. The number of benzene rings is 1. The van der Waals surface area contributed by atoms with E-state index >= 15 is 0 Å². The van der Waals surface area contributed by atoms with Crippen LogP contribution in [0.5, 0.6) is 0 Å². The Kier molecular flexibility index (Phi) is 4.91. The standard InChI is InChI=1S/C20H21N7O/c1-3-28-8-4-7-22-19-17-14(11-27(2)20(17)24-12-23-19)18-25-15-6-5-13(10-21)9-16(15)26-18/h5-6,9,11-12H,3-4,7-8H2,1-2H3,(H,25,26)(H,22,23,24). The molecule has 8 nitrogen and oxygen atoms in total. The minimum atomic E-state index is 0.598. The van der Waals surface area contributed by atoms with Gasteiger partial charge in [0.25, 0.3) is 0 Å². The van der Waals surface area contributed by atoms with E-state index in [4.69, 9.17) is 15.0 Å². The van der Waals surface area contributed by atoms with E-state index in [1.165, 1.54) is 0 Å². The normalized spacial score (nSPS) is 11.2. The van der Waals surface area contributed by atoms with Crippen LogP contribution in [0.15, 0.2) is 30.7 Å². The molecule has 3 aromatic heterocycles. The summed E-state index contributed by atoms with van der Waals surface area (Å²) in [5.41, 5.74) is 3.99. The van der Waals surface area contributed by atoms with Crippen LogP contribution in [0.4, 0.5) is 5.82 Å². The average molecular weight is 375 g/mol. The maximum atomic E-state index is 9.12. The van der Waals surface area contributed by atoms with E-state index in [9.17, 15) is 0 Å². The number of hydrogen-bond donors (Lipinski definition) is 2. The van der Waals surface area contributed by atoms with Crippen LogP contribution in [0, 0.1) is 11.3 Å². The summed E-state index contributed by atoms with van der Waals surface area (Å²) in [7, 11) is 1.95. The van der Waals surface area contributed by atoms with Crippen molar-refractivity contribution < 1.29 is 4.74 Å². The molecule has 0 radical (unpaired) electrons. The number of aromatic nitrogens is 5. The Morgan fingerprint density at radius 1 is 1.32 bits per heavy atom. The average Bonchev–Trinajstić information content (AvgIpc) is 3.28. The molecule has 0 aliphatic heterocycles. The maximum Gasteiger partial charge on any atom is 0.145 e. The molecule has 0 atom stereocenters. The number of nitriles is 1. The molecule has 8 heteroatoms.